The van der Waals surface area contributed by atoms with Crippen molar-refractivity contribution >= 4 is 11.3 Å². The summed E-state index contributed by atoms with van der Waals surface area (Å²) in [5, 5.41) is 3.43. The Labute approximate surface area is 154 Å². The average molecular weight is 361 g/mol. The third kappa shape index (κ3) is 3.98. The zero-order valence-electron chi connectivity index (χ0n) is 15.8. The van der Waals surface area contributed by atoms with Crippen LogP contribution >= 0.6 is 11.3 Å². The van der Waals surface area contributed by atoms with Gasteiger partial charge in [-0.15, -0.1) is 11.3 Å². The molecule has 4 nitrogen and oxygen atoms in total. The molecule has 2 heterocycles. The number of aromatic nitrogens is 1. The Bertz CT molecular complexity index is 721. The van der Waals surface area contributed by atoms with Gasteiger partial charge in [0.2, 0.25) is 0 Å². The molecule has 0 N–H and O–H groups in total. The van der Waals surface area contributed by atoms with Crippen molar-refractivity contribution in [1.29, 1.82) is 0 Å². The minimum Gasteiger partial charge on any atom is -0.493 e. The standard InChI is InChI=1S/C20H28N2O2S/c1-20(2,3)19-21-15(13-25-19)12-22-10-6-7-16(22)14-8-9-17(23-4)18(11-14)24-5/h8-9,11,13,16H,6-7,10,12H2,1-5H3/t16-/m1/s1. The number of hydrogen-bond acceptors (Lipinski definition) is 5. The van der Waals surface area contributed by atoms with Gasteiger partial charge in [0.1, 0.15) is 0 Å². The summed E-state index contributed by atoms with van der Waals surface area (Å²) in [7, 11) is 3.37. The predicted octanol–water partition coefficient (Wildman–Crippen LogP) is 4.79. The second-order valence-corrected chi connectivity index (χ2v) is 8.50. The predicted molar refractivity (Wildman–Crippen MR) is 103 cm³/mol. The summed E-state index contributed by atoms with van der Waals surface area (Å²) < 4.78 is 10.8. The summed E-state index contributed by atoms with van der Waals surface area (Å²) in [5.74, 6) is 1.58. The number of hydrogen-bond donors (Lipinski definition) is 0. The molecule has 0 amide bonds. The number of thiazole rings is 1. The minimum absolute atomic E-state index is 0.122. The third-order valence-corrected chi connectivity index (χ3v) is 6.03. The maximum atomic E-state index is 5.48. The van der Waals surface area contributed by atoms with Crippen LogP contribution in [0.4, 0.5) is 0 Å². The van der Waals surface area contributed by atoms with E-state index in [2.05, 4.69) is 43.2 Å². The summed E-state index contributed by atoms with van der Waals surface area (Å²) in [6.07, 6.45) is 2.39. The largest absolute Gasteiger partial charge is 0.493 e. The number of likely N-dealkylation sites (tertiary alicyclic amines) is 1. The smallest absolute Gasteiger partial charge is 0.161 e. The Morgan fingerprint density at radius 3 is 2.60 bits per heavy atom. The first kappa shape index (κ1) is 18.2. The van der Waals surface area contributed by atoms with Gasteiger partial charge in [-0.3, -0.25) is 4.90 Å². The molecule has 25 heavy (non-hydrogen) atoms. The van der Waals surface area contributed by atoms with Gasteiger partial charge >= 0.3 is 0 Å². The quantitative estimate of drug-likeness (QED) is 0.767. The van der Waals surface area contributed by atoms with E-state index in [-0.39, 0.29) is 5.41 Å². The number of nitrogens with zero attached hydrogens (tertiary/aromatic N) is 2. The van der Waals surface area contributed by atoms with Crippen LogP contribution in [0.5, 0.6) is 11.5 Å². The van der Waals surface area contributed by atoms with Gasteiger partial charge in [0.05, 0.1) is 24.9 Å². The van der Waals surface area contributed by atoms with Gasteiger partial charge < -0.3 is 9.47 Å². The van der Waals surface area contributed by atoms with Crippen LogP contribution in [-0.4, -0.2) is 30.6 Å². The first-order valence-electron chi connectivity index (χ1n) is 8.83. The fourth-order valence-corrected chi connectivity index (χ4v) is 4.28. The zero-order valence-corrected chi connectivity index (χ0v) is 16.7. The van der Waals surface area contributed by atoms with E-state index in [0.29, 0.717) is 6.04 Å². The molecule has 5 heteroatoms. The van der Waals surface area contributed by atoms with Gasteiger partial charge in [0.25, 0.3) is 0 Å². The van der Waals surface area contributed by atoms with Crippen LogP contribution in [0.25, 0.3) is 0 Å². The lowest BCUT2D eigenvalue weighted by molar-refractivity contribution is 0.245. The molecule has 0 spiro atoms. The molecule has 136 valence electrons. The van der Waals surface area contributed by atoms with E-state index in [9.17, 15) is 0 Å². The Morgan fingerprint density at radius 1 is 1.20 bits per heavy atom. The lowest BCUT2D eigenvalue weighted by Crippen LogP contribution is -2.23. The topological polar surface area (TPSA) is 34.6 Å². The maximum Gasteiger partial charge on any atom is 0.161 e. The monoisotopic (exact) mass is 360 g/mol. The maximum absolute atomic E-state index is 5.48. The first-order valence-corrected chi connectivity index (χ1v) is 9.71. The fourth-order valence-electron chi connectivity index (χ4n) is 3.39. The second-order valence-electron chi connectivity index (χ2n) is 7.64. The second kappa shape index (κ2) is 7.34. The van der Waals surface area contributed by atoms with Crippen LogP contribution in [-0.2, 0) is 12.0 Å². The summed E-state index contributed by atoms with van der Waals surface area (Å²) >= 11 is 1.77. The minimum atomic E-state index is 0.122. The van der Waals surface area contributed by atoms with E-state index in [4.69, 9.17) is 14.5 Å². The molecular weight excluding hydrogens is 332 g/mol. The summed E-state index contributed by atoms with van der Waals surface area (Å²) in [4.78, 5) is 7.40. The van der Waals surface area contributed by atoms with E-state index in [1.54, 1.807) is 25.6 Å². The normalized spacial score (nSPS) is 18.5. The Balaban J connectivity index is 1.78. The third-order valence-electron chi connectivity index (χ3n) is 4.71. The molecular formula is C20H28N2O2S. The SMILES string of the molecule is COc1ccc([C@H]2CCCN2Cc2csc(C(C)(C)C)n2)cc1OC. The van der Waals surface area contributed by atoms with E-state index < -0.39 is 0 Å². The molecule has 1 aromatic carbocycles. The van der Waals surface area contributed by atoms with E-state index in [1.165, 1.54) is 29.1 Å². The van der Waals surface area contributed by atoms with Crippen LogP contribution in [0, 0.1) is 0 Å². The van der Waals surface area contributed by atoms with Crippen LogP contribution < -0.4 is 9.47 Å². The Hall–Kier alpha value is -1.59. The van der Waals surface area contributed by atoms with Crippen molar-refractivity contribution in [2.75, 3.05) is 20.8 Å². The lowest BCUT2D eigenvalue weighted by atomic mass is 9.98. The van der Waals surface area contributed by atoms with Gasteiger partial charge in [-0.2, -0.15) is 0 Å². The molecule has 1 fully saturated rings. The van der Waals surface area contributed by atoms with Gasteiger partial charge in [0.15, 0.2) is 11.5 Å². The first-order chi connectivity index (χ1) is 11.9. The highest BCUT2D eigenvalue weighted by Crippen LogP contribution is 2.38. The van der Waals surface area contributed by atoms with Crippen molar-refractivity contribution < 1.29 is 9.47 Å². The van der Waals surface area contributed by atoms with Crippen molar-refractivity contribution in [3.05, 3.63) is 39.8 Å². The molecule has 1 aliphatic heterocycles. The van der Waals surface area contributed by atoms with E-state index in [1.807, 2.05) is 6.07 Å². The molecule has 2 aromatic rings. The van der Waals surface area contributed by atoms with Gasteiger partial charge in [-0.25, -0.2) is 4.98 Å². The van der Waals surface area contributed by atoms with Crippen LogP contribution in [0.1, 0.15) is 55.9 Å². The molecule has 0 unspecified atom stereocenters. The van der Waals surface area contributed by atoms with Gasteiger partial charge in [0, 0.05) is 23.4 Å². The van der Waals surface area contributed by atoms with Crippen molar-refractivity contribution in [3.8, 4) is 11.5 Å². The molecule has 0 radical (unpaired) electrons. The van der Waals surface area contributed by atoms with Crippen molar-refractivity contribution in [2.24, 2.45) is 0 Å². The molecule has 0 saturated carbocycles. The van der Waals surface area contributed by atoms with E-state index >= 15 is 0 Å². The summed E-state index contributed by atoms with van der Waals surface area (Å²) in [6.45, 7) is 8.68. The summed E-state index contributed by atoms with van der Waals surface area (Å²) in [5.41, 5.74) is 2.60. The molecule has 0 aliphatic carbocycles. The van der Waals surface area contributed by atoms with Crippen LogP contribution in [0.2, 0.25) is 0 Å². The molecule has 1 atom stereocenters. The average Bonchev–Trinajstić information content (AvgIpc) is 3.23. The number of ether oxygens (including phenoxy) is 2. The van der Waals surface area contributed by atoms with Gasteiger partial charge in [-0.1, -0.05) is 26.8 Å². The molecule has 1 saturated heterocycles. The summed E-state index contributed by atoms with van der Waals surface area (Å²) in [6, 6.07) is 6.69. The molecule has 1 aliphatic rings. The number of methoxy groups -OCH3 is 2. The lowest BCUT2D eigenvalue weighted by Gasteiger charge is -2.25. The van der Waals surface area contributed by atoms with Crippen LogP contribution in [0.15, 0.2) is 23.6 Å². The highest BCUT2D eigenvalue weighted by molar-refractivity contribution is 7.09. The highest BCUT2D eigenvalue weighted by Gasteiger charge is 2.28. The van der Waals surface area contributed by atoms with Crippen molar-refractivity contribution in [2.45, 2.75) is 51.6 Å². The highest BCUT2D eigenvalue weighted by atomic mass is 32.1. The van der Waals surface area contributed by atoms with Crippen molar-refractivity contribution in [1.82, 2.24) is 9.88 Å². The van der Waals surface area contributed by atoms with E-state index in [0.717, 1.165) is 24.6 Å². The fraction of sp³-hybridized carbons (Fsp3) is 0.550. The Morgan fingerprint density at radius 2 is 1.96 bits per heavy atom. The number of benzene rings is 1. The van der Waals surface area contributed by atoms with Crippen molar-refractivity contribution in [3.63, 3.8) is 0 Å². The molecule has 3 rings (SSSR count). The zero-order chi connectivity index (χ0) is 18.0. The van der Waals surface area contributed by atoms with Crippen LogP contribution in [0.3, 0.4) is 0 Å². The number of rotatable bonds is 5. The molecule has 1 aromatic heterocycles. The van der Waals surface area contributed by atoms with Gasteiger partial charge in [-0.05, 0) is 37.1 Å². The Kier molecular flexibility index (Phi) is 5.35. The molecule has 0 bridgehead atoms.